The van der Waals surface area contributed by atoms with E-state index < -0.39 is 0 Å². The van der Waals surface area contributed by atoms with E-state index in [9.17, 15) is 4.79 Å². The van der Waals surface area contributed by atoms with Crippen molar-refractivity contribution < 1.29 is 4.79 Å². The molecule has 1 aliphatic rings. The second kappa shape index (κ2) is 10.1. The van der Waals surface area contributed by atoms with Crippen molar-refractivity contribution in [2.24, 2.45) is 0 Å². The van der Waals surface area contributed by atoms with Gasteiger partial charge in [-0.15, -0.1) is 0 Å². The highest BCUT2D eigenvalue weighted by atomic mass is 16.2. The molecule has 4 rings (SSSR count). The van der Waals surface area contributed by atoms with Crippen molar-refractivity contribution >= 4 is 34.1 Å². The highest BCUT2D eigenvalue weighted by Gasteiger charge is 2.25. The lowest BCUT2D eigenvalue weighted by Crippen LogP contribution is -2.42. The van der Waals surface area contributed by atoms with E-state index >= 15 is 0 Å². The molecule has 2 amide bonds. The standard InChI is InChI=1S/C29H39N5O/c1-19-10-9-12-23(29(2,3)4)27(19)33-28(35)31-21-16-14-20(15-17-21)30-26-18-25(34(5)6)22-11-7-8-13-24(22)32-26/h7-13,18,20-21H,14-17H2,1-6H3,(H,30,32)(H2,31,33,35)/t20-,21+. The maximum absolute atomic E-state index is 12.9. The molecule has 6 heteroatoms. The third-order valence-electron chi connectivity index (χ3n) is 6.91. The Labute approximate surface area is 209 Å². The number of aryl methyl sites for hydroxylation is 1. The molecule has 0 bridgehead atoms. The van der Waals surface area contributed by atoms with E-state index in [1.165, 1.54) is 0 Å². The van der Waals surface area contributed by atoms with Crippen molar-refractivity contribution in [3.05, 3.63) is 59.7 Å². The van der Waals surface area contributed by atoms with Gasteiger partial charge >= 0.3 is 6.03 Å². The predicted octanol–water partition coefficient (Wildman–Crippen LogP) is 6.45. The number of benzene rings is 2. The van der Waals surface area contributed by atoms with Crippen molar-refractivity contribution in [2.75, 3.05) is 29.6 Å². The fraction of sp³-hybridized carbons (Fsp3) is 0.448. The van der Waals surface area contributed by atoms with Gasteiger partial charge in [0.25, 0.3) is 0 Å². The number of carbonyl (C=O) groups is 1. The maximum Gasteiger partial charge on any atom is 0.319 e. The number of anilines is 3. The number of nitrogens with one attached hydrogen (secondary N) is 3. The van der Waals surface area contributed by atoms with Crippen molar-refractivity contribution in [2.45, 2.75) is 70.9 Å². The van der Waals surface area contributed by atoms with E-state index in [0.29, 0.717) is 6.04 Å². The Morgan fingerprint density at radius 2 is 1.66 bits per heavy atom. The van der Waals surface area contributed by atoms with Crippen LogP contribution in [0.4, 0.5) is 22.0 Å². The van der Waals surface area contributed by atoms with Crippen molar-refractivity contribution in [3.8, 4) is 0 Å². The second-order valence-corrected chi connectivity index (χ2v) is 11.0. The minimum atomic E-state index is -0.118. The lowest BCUT2D eigenvalue weighted by molar-refractivity contribution is 0.243. The van der Waals surface area contributed by atoms with Gasteiger partial charge in [-0.2, -0.15) is 0 Å². The Balaban J connectivity index is 1.35. The molecule has 186 valence electrons. The van der Waals surface area contributed by atoms with Crippen LogP contribution >= 0.6 is 0 Å². The van der Waals surface area contributed by atoms with Crippen LogP contribution in [0.3, 0.4) is 0 Å². The van der Waals surface area contributed by atoms with Crippen LogP contribution in [0.15, 0.2) is 48.5 Å². The average molecular weight is 474 g/mol. The van der Waals surface area contributed by atoms with Gasteiger partial charge in [0, 0.05) is 49.0 Å². The average Bonchev–Trinajstić information content (AvgIpc) is 2.80. The predicted molar refractivity (Wildman–Crippen MR) is 148 cm³/mol. The van der Waals surface area contributed by atoms with Gasteiger partial charge in [-0.1, -0.05) is 57.2 Å². The smallest absolute Gasteiger partial charge is 0.319 e. The van der Waals surface area contributed by atoms with Gasteiger partial charge in [-0.3, -0.25) is 0 Å². The van der Waals surface area contributed by atoms with E-state index in [1.54, 1.807) is 0 Å². The number of nitrogens with zero attached hydrogens (tertiary/aromatic N) is 2. The number of pyridine rings is 1. The molecule has 0 saturated heterocycles. The van der Waals surface area contributed by atoms with E-state index in [-0.39, 0.29) is 17.5 Å². The third-order valence-corrected chi connectivity index (χ3v) is 6.91. The molecule has 3 N–H and O–H groups in total. The molecule has 0 radical (unpaired) electrons. The summed E-state index contributed by atoms with van der Waals surface area (Å²) in [6, 6.07) is 17.0. The molecule has 1 fully saturated rings. The summed E-state index contributed by atoms with van der Waals surface area (Å²) in [6.45, 7) is 8.56. The van der Waals surface area contributed by atoms with E-state index in [0.717, 1.165) is 64.9 Å². The van der Waals surface area contributed by atoms with Gasteiger partial charge in [0.2, 0.25) is 0 Å². The largest absolute Gasteiger partial charge is 0.377 e. The van der Waals surface area contributed by atoms with Gasteiger partial charge in [0.1, 0.15) is 5.82 Å². The highest BCUT2D eigenvalue weighted by molar-refractivity contribution is 5.93. The topological polar surface area (TPSA) is 69.3 Å². The Kier molecular flexibility index (Phi) is 7.20. The monoisotopic (exact) mass is 473 g/mol. The van der Waals surface area contributed by atoms with Gasteiger partial charge in [-0.05, 0) is 55.2 Å². The van der Waals surface area contributed by atoms with E-state index in [4.69, 9.17) is 4.98 Å². The quantitative estimate of drug-likeness (QED) is 0.398. The van der Waals surface area contributed by atoms with Crippen molar-refractivity contribution in [1.29, 1.82) is 0 Å². The zero-order valence-corrected chi connectivity index (χ0v) is 21.9. The lowest BCUT2D eigenvalue weighted by Gasteiger charge is -2.31. The molecule has 0 spiro atoms. The van der Waals surface area contributed by atoms with Crippen LogP contribution in [-0.4, -0.2) is 37.2 Å². The van der Waals surface area contributed by atoms with Crippen molar-refractivity contribution in [1.82, 2.24) is 10.3 Å². The Bertz CT molecular complexity index is 1190. The van der Waals surface area contributed by atoms with Crippen LogP contribution in [-0.2, 0) is 5.41 Å². The molecular weight excluding hydrogens is 434 g/mol. The number of amides is 2. The Hall–Kier alpha value is -3.28. The summed E-state index contributed by atoms with van der Waals surface area (Å²) < 4.78 is 0. The number of rotatable bonds is 5. The molecule has 3 aromatic rings. The number of para-hydroxylation sites is 2. The van der Waals surface area contributed by atoms with Crippen molar-refractivity contribution in [3.63, 3.8) is 0 Å². The van der Waals surface area contributed by atoms with Crippen LogP contribution < -0.4 is 20.9 Å². The van der Waals surface area contributed by atoms with Crippen LogP contribution in [0.25, 0.3) is 10.9 Å². The Morgan fingerprint density at radius 1 is 0.971 bits per heavy atom. The summed E-state index contributed by atoms with van der Waals surface area (Å²) in [5.74, 6) is 0.913. The number of hydrogen-bond acceptors (Lipinski definition) is 4. The third kappa shape index (κ3) is 5.87. The molecule has 0 unspecified atom stereocenters. The van der Waals surface area contributed by atoms with Gasteiger partial charge < -0.3 is 20.9 Å². The zero-order chi connectivity index (χ0) is 25.2. The molecule has 1 heterocycles. The fourth-order valence-electron chi connectivity index (χ4n) is 4.99. The number of aromatic nitrogens is 1. The second-order valence-electron chi connectivity index (χ2n) is 11.0. The first kappa shape index (κ1) is 24.8. The minimum absolute atomic E-state index is 0.0401. The molecule has 1 aromatic heterocycles. The minimum Gasteiger partial charge on any atom is -0.377 e. The molecule has 1 aliphatic carbocycles. The SMILES string of the molecule is Cc1cccc(C(C)(C)C)c1NC(=O)N[C@H]1CC[C@@H](Nc2cc(N(C)C)c3ccccc3n2)CC1. The molecule has 0 aliphatic heterocycles. The Morgan fingerprint density at radius 3 is 2.34 bits per heavy atom. The lowest BCUT2D eigenvalue weighted by atomic mass is 9.84. The molecule has 0 atom stereocenters. The zero-order valence-electron chi connectivity index (χ0n) is 21.9. The molecule has 2 aromatic carbocycles. The highest BCUT2D eigenvalue weighted by Crippen LogP contribution is 2.32. The van der Waals surface area contributed by atoms with Crippen LogP contribution in [0.5, 0.6) is 0 Å². The summed E-state index contributed by atoms with van der Waals surface area (Å²) in [7, 11) is 4.13. The first-order valence-corrected chi connectivity index (χ1v) is 12.6. The van der Waals surface area contributed by atoms with E-state index in [1.807, 2.05) is 19.1 Å². The first-order valence-electron chi connectivity index (χ1n) is 12.6. The van der Waals surface area contributed by atoms with Crippen LogP contribution in [0, 0.1) is 6.92 Å². The van der Waals surface area contributed by atoms with Crippen LogP contribution in [0.2, 0.25) is 0 Å². The number of fused-ring (bicyclic) bond motifs is 1. The molecule has 6 nitrogen and oxygen atoms in total. The number of urea groups is 1. The number of hydrogen-bond donors (Lipinski definition) is 3. The molecule has 35 heavy (non-hydrogen) atoms. The summed E-state index contributed by atoms with van der Waals surface area (Å²) in [4.78, 5) is 19.8. The van der Waals surface area contributed by atoms with Gasteiger partial charge in [0.05, 0.1) is 5.52 Å². The van der Waals surface area contributed by atoms with Gasteiger partial charge in [0.15, 0.2) is 0 Å². The molecular formula is C29H39N5O. The fourth-order valence-corrected chi connectivity index (χ4v) is 4.99. The molecule has 1 saturated carbocycles. The number of carbonyl (C=O) groups excluding carboxylic acids is 1. The maximum atomic E-state index is 12.9. The van der Waals surface area contributed by atoms with Crippen LogP contribution in [0.1, 0.15) is 57.6 Å². The summed E-state index contributed by atoms with van der Waals surface area (Å²) in [5.41, 5.74) is 5.28. The summed E-state index contributed by atoms with van der Waals surface area (Å²) in [6.07, 6.45) is 3.88. The van der Waals surface area contributed by atoms with Gasteiger partial charge in [-0.25, -0.2) is 9.78 Å². The summed E-state index contributed by atoms with van der Waals surface area (Å²) in [5, 5.41) is 11.1. The van der Waals surface area contributed by atoms with E-state index in [2.05, 4.69) is 92.1 Å². The normalized spacial score (nSPS) is 18.2. The first-order chi connectivity index (χ1) is 16.6. The summed E-state index contributed by atoms with van der Waals surface area (Å²) >= 11 is 0.